The van der Waals surface area contributed by atoms with Crippen LogP contribution in [0.25, 0.3) is 10.9 Å². The lowest BCUT2D eigenvalue weighted by Crippen LogP contribution is -2.11. The van der Waals surface area contributed by atoms with Crippen LogP contribution in [0.2, 0.25) is 0 Å². The number of hydrogen-bond acceptors (Lipinski definition) is 3. The molecule has 0 aliphatic rings. The summed E-state index contributed by atoms with van der Waals surface area (Å²) < 4.78 is 4.20. The van der Waals surface area contributed by atoms with E-state index in [0.717, 1.165) is 18.9 Å². The molecular weight excluding hydrogens is 262 g/mol. The van der Waals surface area contributed by atoms with Crippen molar-refractivity contribution in [1.29, 1.82) is 0 Å². The Balaban J connectivity index is 1.92. The predicted molar refractivity (Wildman–Crippen MR) is 84.2 cm³/mol. The van der Waals surface area contributed by atoms with Gasteiger partial charge in [0.25, 0.3) is 0 Å². The first-order chi connectivity index (χ1) is 10.2. The van der Waals surface area contributed by atoms with Crippen molar-refractivity contribution in [3.63, 3.8) is 0 Å². The van der Waals surface area contributed by atoms with E-state index in [4.69, 9.17) is 0 Å². The number of hydrogen-bond donors (Lipinski definition) is 1. The lowest BCUT2D eigenvalue weighted by Gasteiger charge is -2.11. The minimum Gasteiger partial charge on any atom is -0.340 e. The van der Waals surface area contributed by atoms with E-state index >= 15 is 0 Å². The summed E-state index contributed by atoms with van der Waals surface area (Å²) in [6.07, 6.45) is 3.75. The third-order valence-electron chi connectivity index (χ3n) is 3.66. The zero-order valence-corrected chi connectivity index (χ0v) is 12.7. The molecule has 21 heavy (non-hydrogen) atoms. The zero-order valence-electron chi connectivity index (χ0n) is 12.7. The Hall–Kier alpha value is -2.14. The first-order valence-corrected chi connectivity index (χ1v) is 7.30. The highest BCUT2D eigenvalue weighted by molar-refractivity contribution is 5.80. The summed E-state index contributed by atoms with van der Waals surface area (Å²) in [6.45, 7) is 5.88. The first-order valence-electron chi connectivity index (χ1n) is 7.30. The van der Waals surface area contributed by atoms with Crippen molar-refractivity contribution >= 4 is 10.9 Å². The Kier molecular flexibility index (Phi) is 3.75. The summed E-state index contributed by atoms with van der Waals surface area (Å²) >= 11 is 0. The number of nitrogens with zero attached hydrogens (tertiary/aromatic N) is 4. The van der Waals surface area contributed by atoms with Crippen molar-refractivity contribution in [3.8, 4) is 0 Å². The van der Waals surface area contributed by atoms with E-state index in [1.54, 1.807) is 6.33 Å². The van der Waals surface area contributed by atoms with Crippen molar-refractivity contribution in [2.24, 2.45) is 0 Å². The van der Waals surface area contributed by atoms with Crippen LogP contribution in [0.3, 0.4) is 0 Å². The smallest absolute Gasteiger partial charge is 0.147 e. The van der Waals surface area contributed by atoms with E-state index in [1.165, 1.54) is 16.5 Å². The molecule has 0 unspecified atom stereocenters. The van der Waals surface area contributed by atoms with Crippen LogP contribution in [0.4, 0.5) is 0 Å². The molecule has 0 radical (unpaired) electrons. The third kappa shape index (κ3) is 2.69. The summed E-state index contributed by atoms with van der Waals surface area (Å²) in [7, 11) is 1.97. The van der Waals surface area contributed by atoms with E-state index in [1.807, 2.05) is 11.7 Å². The van der Waals surface area contributed by atoms with E-state index < -0.39 is 0 Å². The van der Waals surface area contributed by atoms with Gasteiger partial charge in [0.2, 0.25) is 0 Å². The second-order valence-electron chi connectivity index (χ2n) is 5.58. The summed E-state index contributed by atoms with van der Waals surface area (Å²) in [5, 5.41) is 8.74. The minimum atomic E-state index is 0.326. The molecular formula is C16H21N5. The highest BCUT2D eigenvalue weighted by atomic mass is 15.4. The van der Waals surface area contributed by atoms with Gasteiger partial charge < -0.3 is 9.88 Å². The summed E-state index contributed by atoms with van der Waals surface area (Å²) in [4.78, 5) is 4.39. The molecule has 0 bridgehead atoms. The summed E-state index contributed by atoms with van der Waals surface area (Å²) in [6, 6.07) is 9.06. The molecule has 0 aliphatic heterocycles. The molecule has 2 heterocycles. The SMILES string of the molecule is CNCc1ccc2c(ccn2Cc2ncnn2C(C)C)c1. The highest BCUT2D eigenvalue weighted by Crippen LogP contribution is 2.19. The minimum absolute atomic E-state index is 0.326. The number of nitrogens with one attached hydrogen (secondary N) is 1. The fourth-order valence-electron chi connectivity index (χ4n) is 2.67. The summed E-state index contributed by atoms with van der Waals surface area (Å²) in [5.74, 6) is 0.988. The molecule has 0 atom stereocenters. The molecule has 5 heteroatoms. The van der Waals surface area contributed by atoms with Gasteiger partial charge in [-0.05, 0) is 50.0 Å². The number of rotatable bonds is 5. The van der Waals surface area contributed by atoms with Gasteiger partial charge in [0.05, 0.1) is 6.54 Å². The van der Waals surface area contributed by atoms with Crippen LogP contribution in [-0.4, -0.2) is 26.4 Å². The van der Waals surface area contributed by atoms with E-state index in [-0.39, 0.29) is 0 Å². The Morgan fingerprint density at radius 1 is 1.24 bits per heavy atom. The monoisotopic (exact) mass is 283 g/mol. The van der Waals surface area contributed by atoms with Gasteiger partial charge in [0, 0.05) is 24.3 Å². The fourth-order valence-corrected chi connectivity index (χ4v) is 2.67. The maximum Gasteiger partial charge on any atom is 0.147 e. The first kappa shape index (κ1) is 13.8. The molecule has 0 spiro atoms. The zero-order chi connectivity index (χ0) is 14.8. The van der Waals surface area contributed by atoms with Crippen molar-refractivity contribution in [1.82, 2.24) is 24.6 Å². The molecule has 110 valence electrons. The normalized spacial score (nSPS) is 11.6. The second kappa shape index (κ2) is 5.69. The van der Waals surface area contributed by atoms with Crippen LogP contribution in [0, 0.1) is 0 Å². The Morgan fingerprint density at radius 3 is 2.86 bits per heavy atom. The number of aromatic nitrogens is 4. The van der Waals surface area contributed by atoms with E-state index in [2.05, 4.69) is 64.3 Å². The molecule has 0 saturated heterocycles. The van der Waals surface area contributed by atoms with Crippen LogP contribution in [0.5, 0.6) is 0 Å². The van der Waals surface area contributed by atoms with Crippen molar-refractivity contribution < 1.29 is 0 Å². The van der Waals surface area contributed by atoms with Crippen LogP contribution < -0.4 is 5.32 Å². The largest absolute Gasteiger partial charge is 0.340 e. The average Bonchev–Trinajstić information content (AvgIpc) is 3.07. The molecule has 0 fully saturated rings. The molecule has 2 aromatic heterocycles. The van der Waals surface area contributed by atoms with E-state index in [9.17, 15) is 0 Å². The Morgan fingerprint density at radius 2 is 2.10 bits per heavy atom. The van der Waals surface area contributed by atoms with Gasteiger partial charge in [-0.1, -0.05) is 6.07 Å². The van der Waals surface area contributed by atoms with Crippen LogP contribution >= 0.6 is 0 Å². The molecule has 0 aliphatic carbocycles. The van der Waals surface area contributed by atoms with Crippen LogP contribution in [0.15, 0.2) is 36.8 Å². The lowest BCUT2D eigenvalue weighted by atomic mass is 10.1. The van der Waals surface area contributed by atoms with Crippen molar-refractivity contribution in [3.05, 3.63) is 48.2 Å². The maximum absolute atomic E-state index is 4.39. The molecule has 1 N–H and O–H groups in total. The summed E-state index contributed by atoms with van der Waals surface area (Å²) in [5.41, 5.74) is 2.53. The predicted octanol–water partition coefficient (Wildman–Crippen LogP) is 2.58. The van der Waals surface area contributed by atoms with Gasteiger partial charge in [-0.2, -0.15) is 5.10 Å². The molecule has 0 amide bonds. The van der Waals surface area contributed by atoms with Gasteiger partial charge in [-0.3, -0.25) is 0 Å². The van der Waals surface area contributed by atoms with Crippen molar-refractivity contribution in [2.45, 2.75) is 33.0 Å². The average molecular weight is 283 g/mol. The van der Waals surface area contributed by atoms with Crippen molar-refractivity contribution in [2.75, 3.05) is 7.05 Å². The maximum atomic E-state index is 4.39. The molecule has 1 aromatic carbocycles. The number of fused-ring (bicyclic) bond motifs is 1. The Labute approximate surface area is 124 Å². The van der Waals surface area contributed by atoms with Gasteiger partial charge in [0.15, 0.2) is 0 Å². The third-order valence-corrected chi connectivity index (χ3v) is 3.66. The second-order valence-corrected chi connectivity index (χ2v) is 5.58. The van der Waals surface area contributed by atoms with Gasteiger partial charge in [-0.25, -0.2) is 9.67 Å². The topological polar surface area (TPSA) is 47.7 Å². The van der Waals surface area contributed by atoms with E-state index in [0.29, 0.717) is 6.04 Å². The fraction of sp³-hybridized carbons (Fsp3) is 0.375. The number of benzene rings is 1. The molecule has 5 nitrogen and oxygen atoms in total. The van der Waals surface area contributed by atoms with Gasteiger partial charge >= 0.3 is 0 Å². The van der Waals surface area contributed by atoms with Gasteiger partial charge in [-0.15, -0.1) is 0 Å². The highest BCUT2D eigenvalue weighted by Gasteiger charge is 2.10. The lowest BCUT2D eigenvalue weighted by molar-refractivity contribution is 0.498. The van der Waals surface area contributed by atoms with Crippen LogP contribution in [-0.2, 0) is 13.1 Å². The molecule has 3 rings (SSSR count). The standard InChI is InChI=1S/C16H21N5/c1-12(2)21-16(18-11-19-21)10-20-7-6-14-8-13(9-17-3)4-5-15(14)20/h4-8,11-12,17H,9-10H2,1-3H3. The Bertz CT molecular complexity index is 738. The van der Waals surface area contributed by atoms with Gasteiger partial charge in [0.1, 0.15) is 12.2 Å². The quantitative estimate of drug-likeness (QED) is 0.783. The molecule has 3 aromatic rings. The molecule has 0 saturated carbocycles. The van der Waals surface area contributed by atoms with Crippen LogP contribution in [0.1, 0.15) is 31.3 Å².